The normalized spacial score (nSPS) is 21.0. The Labute approximate surface area is 90.2 Å². The number of unbranched alkanes of at least 4 members (excludes halogenated alkanes) is 1. The van der Waals surface area contributed by atoms with Crippen molar-refractivity contribution in [3.8, 4) is 0 Å². The molecule has 4 nitrogen and oxygen atoms in total. The molecule has 0 aromatic rings. The number of allylic oxidation sites excluding steroid dienone is 1. The highest BCUT2D eigenvalue weighted by atomic mass is 16.7. The van der Waals surface area contributed by atoms with E-state index in [2.05, 4.69) is 4.74 Å². The first kappa shape index (κ1) is 12.2. The molecule has 4 heteroatoms. The Morgan fingerprint density at radius 3 is 3.13 bits per heavy atom. The fraction of sp³-hybridized carbons (Fsp3) is 0.727. The second-order valence-corrected chi connectivity index (χ2v) is 3.38. The standard InChI is InChI=1S/C11H18O4/c1-13-10(12)6-3-2-4-8-14-11-7-5-9-15-11/h3,6,11H,2,4-5,7-9H2,1H3/b6-3+. The van der Waals surface area contributed by atoms with Gasteiger partial charge in [0.05, 0.1) is 13.7 Å². The Hall–Kier alpha value is -0.870. The number of hydrogen-bond acceptors (Lipinski definition) is 4. The number of ether oxygens (including phenoxy) is 3. The quantitative estimate of drug-likeness (QED) is 0.383. The molecule has 1 aliphatic heterocycles. The molecule has 0 aromatic carbocycles. The van der Waals surface area contributed by atoms with E-state index in [9.17, 15) is 4.79 Å². The van der Waals surface area contributed by atoms with E-state index in [0.717, 1.165) is 32.3 Å². The molecular weight excluding hydrogens is 196 g/mol. The molecule has 1 fully saturated rings. The van der Waals surface area contributed by atoms with Crippen molar-refractivity contribution in [2.45, 2.75) is 32.0 Å². The first-order valence-corrected chi connectivity index (χ1v) is 5.30. The van der Waals surface area contributed by atoms with Crippen LogP contribution in [0.1, 0.15) is 25.7 Å². The highest BCUT2D eigenvalue weighted by Gasteiger charge is 2.14. The van der Waals surface area contributed by atoms with Crippen LogP contribution in [0.3, 0.4) is 0 Å². The third-order valence-corrected chi connectivity index (χ3v) is 2.16. The SMILES string of the molecule is COC(=O)/C=C/CCCOC1CCCO1. The first-order chi connectivity index (χ1) is 7.33. The predicted octanol–water partition coefficient (Wildman–Crippen LogP) is 1.65. The van der Waals surface area contributed by atoms with E-state index in [-0.39, 0.29) is 12.3 Å². The van der Waals surface area contributed by atoms with Gasteiger partial charge in [-0.15, -0.1) is 0 Å². The molecular formula is C11H18O4. The maximum absolute atomic E-state index is 10.7. The van der Waals surface area contributed by atoms with Crippen molar-refractivity contribution in [3.63, 3.8) is 0 Å². The Balaban J connectivity index is 1.92. The summed E-state index contributed by atoms with van der Waals surface area (Å²) in [4.78, 5) is 10.7. The minimum Gasteiger partial charge on any atom is -0.466 e. The molecule has 1 atom stereocenters. The van der Waals surface area contributed by atoms with Crippen LogP contribution >= 0.6 is 0 Å². The molecule has 0 spiro atoms. The van der Waals surface area contributed by atoms with E-state index in [1.165, 1.54) is 13.2 Å². The summed E-state index contributed by atoms with van der Waals surface area (Å²) in [5, 5.41) is 0. The molecule has 0 aromatic heterocycles. The van der Waals surface area contributed by atoms with Gasteiger partial charge in [0.25, 0.3) is 0 Å². The van der Waals surface area contributed by atoms with Gasteiger partial charge in [0.15, 0.2) is 6.29 Å². The van der Waals surface area contributed by atoms with Crippen LogP contribution in [0.15, 0.2) is 12.2 Å². The zero-order valence-electron chi connectivity index (χ0n) is 9.11. The second-order valence-electron chi connectivity index (χ2n) is 3.38. The summed E-state index contributed by atoms with van der Waals surface area (Å²) < 4.78 is 15.2. The lowest BCUT2D eigenvalue weighted by Gasteiger charge is -2.09. The van der Waals surface area contributed by atoms with Crippen molar-refractivity contribution in [1.82, 2.24) is 0 Å². The number of carbonyl (C=O) groups excluding carboxylic acids is 1. The second kappa shape index (κ2) is 7.43. The molecule has 1 aliphatic rings. The number of esters is 1. The summed E-state index contributed by atoms with van der Waals surface area (Å²) in [5.74, 6) is -0.310. The summed E-state index contributed by atoms with van der Waals surface area (Å²) in [6, 6.07) is 0. The molecule has 0 aliphatic carbocycles. The molecule has 1 heterocycles. The van der Waals surface area contributed by atoms with Gasteiger partial charge < -0.3 is 14.2 Å². The largest absolute Gasteiger partial charge is 0.466 e. The first-order valence-electron chi connectivity index (χ1n) is 5.30. The molecule has 0 radical (unpaired) electrons. The van der Waals surface area contributed by atoms with E-state index in [1.807, 2.05) is 0 Å². The van der Waals surface area contributed by atoms with Gasteiger partial charge in [-0.2, -0.15) is 0 Å². The Morgan fingerprint density at radius 1 is 1.60 bits per heavy atom. The van der Waals surface area contributed by atoms with E-state index in [4.69, 9.17) is 9.47 Å². The fourth-order valence-corrected chi connectivity index (χ4v) is 1.34. The highest BCUT2D eigenvalue weighted by molar-refractivity contribution is 5.81. The van der Waals surface area contributed by atoms with E-state index in [0.29, 0.717) is 6.61 Å². The molecule has 1 saturated heterocycles. The van der Waals surface area contributed by atoms with Crippen molar-refractivity contribution < 1.29 is 19.0 Å². The van der Waals surface area contributed by atoms with Gasteiger partial charge >= 0.3 is 5.97 Å². The van der Waals surface area contributed by atoms with Crippen LogP contribution in [0.5, 0.6) is 0 Å². The Morgan fingerprint density at radius 2 is 2.47 bits per heavy atom. The van der Waals surface area contributed by atoms with Crippen LogP contribution in [0, 0.1) is 0 Å². The van der Waals surface area contributed by atoms with Crippen LogP contribution in [0.25, 0.3) is 0 Å². The van der Waals surface area contributed by atoms with Crippen LogP contribution in [-0.2, 0) is 19.0 Å². The predicted molar refractivity (Wildman–Crippen MR) is 55.3 cm³/mol. The molecule has 1 rings (SSSR count). The zero-order chi connectivity index (χ0) is 10.9. The topological polar surface area (TPSA) is 44.8 Å². The van der Waals surface area contributed by atoms with Gasteiger partial charge in [-0.3, -0.25) is 0 Å². The van der Waals surface area contributed by atoms with Gasteiger partial charge in [-0.25, -0.2) is 4.79 Å². The molecule has 0 amide bonds. The van der Waals surface area contributed by atoms with Gasteiger partial charge in [0.1, 0.15) is 0 Å². The van der Waals surface area contributed by atoms with Gasteiger partial charge in [0.2, 0.25) is 0 Å². The van der Waals surface area contributed by atoms with Crippen molar-refractivity contribution in [2.75, 3.05) is 20.3 Å². The van der Waals surface area contributed by atoms with Crippen LogP contribution in [0.2, 0.25) is 0 Å². The number of hydrogen-bond donors (Lipinski definition) is 0. The third-order valence-electron chi connectivity index (χ3n) is 2.16. The van der Waals surface area contributed by atoms with Crippen molar-refractivity contribution in [1.29, 1.82) is 0 Å². The summed E-state index contributed by atoms with van der Waals surface area (Å²) in [6.07, 6.45) is 7.03. The number of carbonyl (C=O) groups is 1. The zero-order valence-corrected chi connectivity index (χ0v) is 9.11. The van der Waals surface area contributed by atoms with Crippen molar-refractivity contribution in [2.24, 2.45) is 0 Å². The Bertz CT molecular complexity index is 207. The average molecular weight is 214 g/mol. The average Bonchev–Trinajstić information content (AvgIpc) is 2.75. The van der Waals surface area contributed by atoms with Crippen molar-refractivity contribution in [3.05, 3.63) is 12.2 Å². The molecule has 15 heavy (non-hydrogen) atoms. The lowest BCUT2D eigenvalue weighted by Crippen LogP contribution is -2.11. The van der Waals surface area contributed by atoms with Crippen molar-refractivity contribution >= 4 is 5.97 Å². The molecule has 0 bridgehead atoms. The summed E-state index contributed by atoms with van der Waals surface area (Å²) >= 11 is 0. The monoisotopic (exact) mass is 214 g/mol. The summed E-state index contributed by atoms with van der Waals surface area (Å²) in [7, 11) is 1.37. The smallest absolute Gasteiger partial charge is 0.330 e. The maximum Gasteiger partial charge on any atom is 0.330 e. The molecule has 1 unspecified atom stereocenters. The molecule has 0 saturated carbocycles. The van der Waals surface area contributed by atoms with E-state index < -0.39 is 0 Å². The highest BCUT2D eigenvalue weighted by Crippen LogP contribution is 2.13. The fourth-order valence-electron chi connectivity index (χ4n) is 1.34. The van der Waals surface area contributed by atoms with E-state index >= 15 is 0 Å². The van der Waals surface area contributed by atoms with Crippen LogP contribution < -0.4 is 0 Å². The minimum atomic E-state index is -0.310. The lowest BCUT2D eigenvalue weighted by molar-refractivity contribution is -0.134. The minimum absolute atomic E-state index is 0.00501. The number of rotatable bonds is 6. The van der Waals surface area contributed by atoms with Gasteiger partial charge in [0, 0.05) is 19.1 Å². The van der Waals surface area contributed by atoms with E-state index in [1.54, 1.807) is 6.08 Å². The number of methoxy groups -OCH3 is 1. The molecule has 0 N–H and O–H groups in total. The van der Waals surface area contributed by atoms with Crippen LogP contribution in [0.4, 0.5) is 0 Å². The van der Waals surface area contributed by atoms with Crippen LogP contribution in [-0.4, -0.2) is 32.6 Å². The van der Waals surface area contributed by atoms with Gasteiger partial charge in [-0.1, -0.05) is 6.08 Å². The lowest BCUT2D eigenvalue weighted by atomic mass is 10.3. The maximum atomic E-state index is 10.7. The third kappa shape index (κ3) is 5.54. The summed E-state index contributed by atoms with van der Waals surface area (Å²) in [6.45, 7) is 1.49. The Kier molecular flexibility index (Phi) is 6.04. The molecule has 86 valence electrons. The van der Waals surface area contributed by atoms with Gasteiger partial charge in [-0.05, 0) is 19.3 Å². The summed E-state index contributed by atoms with van der Waals surface area (Å²) in [5.41, 5.74) is 0.